The third kappa shape index (κ3) is 10.4. The minimum absolute atomic E-state index is 0.818. The summed E-state index contributed by atoms with van der Waals surface area (Å²) in [7, 11) is 5.52. The van der Waals surface area contributed by atoms with Gasteiger partial charge in [0.1, 0.15) is 0 Å². The lowest BCUT2D eigenvalue weighted by molar-refractivity contribution is 0.131. The number of nitrogens with one attached hydrogen (secondary N) is 1. The number of unbranched alkanes of at least 4 members (excludes halogenated alkanes) is 1. The molecule has 0 aromatic carbocycles. The second kappa shape index (κ2) is 12.9. The molecule has 0 saturated heterocycles. The van der Waals surface area contributed by atoms with E-state index in [1.54, 1.807) is 14.2 Å². The van der Waals surface area contributed by atoms with Crippen LogP contribution in [-0.4, -0.2) is 65.6 Å². The van der Waals surface area contributed by atoms with Gasteiger partial charge in [0, 0.05) is 33.9 Å². The summed E-state index contributed by atoms with van der Waals surface area (Å²) in [5.41, 5.74) is 0. The van der Waals surface area contributed by atoms with Gasteiger partial charge in [-0.1, -0.05) is 0 Å². The lowest BCUT2D eigenvalue weighted by atomic mass is 10.2. The van der Waals surface area contributed by atoms with E-state index in [0.29, 0.717) is 0 Å². The van der Waals surface area contributed by atoms with Crippen molar-refractivity contribution in [2.45, 2.75) is 19.3 Å². The van der Waals surface area contributed by atoms with Gasteiger partial charge in [-0.3, -0.25) is 0 Å². The molecule has 0 bridgehead atoms. The maximum absolute atomic E-state index is 5.12. The molecule has 4 heteroatoms. The normalized spacial score (nSPS) is 11.2. The summed E-state index contributed by atoms with van der Waals surface area (Å²) in [5.74, 6) is 0. The van der Waals surface area contributed by atoms with Crippen molar-refractivity contribution in [2.24, 2.45) is 0 Å². The van der Waals surface area contributed by atoms with Gasteiger partial charge in [0.2, 0.25) is 0 Å². The van der Waals surface area contributed by atoms with Crippen LogP contribution >= 0.6 is 0 Å². The van der Waals surface area contributed by atoms with E-state index >= 15 is 0 Å². The van der Waals surface area contributed by atoms with Crippen LogP contribution in [0.5, 0.6) is 0 Å². The highest BCUT2D eigenvalue weighted by Crippen LogP contribution is 1.97. The predicted octanol–water partition coefficient (Wildman–Crippen LogP) is 0.971. The van der Waals surface area contributed by atoms with Crippen molar-refractivity contribution in [3.8, 4) is 0 Å². The third-order valence-corrected chi connectivity index (χ3v) is 2.59. The van der Waals surface area contributed by atoms with Crippen LogP contribution in [0.1, 0.15) is 19.3 Å². The van der Waals surface area contributed by atoms with Crippen LogP contribution < -0.4 is 5.32 Å². The van der Waals surface area contributed by atoms with Gasteiger partial charge < -0.3 is 19.7 Å². The van der Waals surface area contributed by atoms with Gasteiger partial charge in [0.25, 0.3) is 0 Å². The summed E-state index contributed by atoms with van der Waals surface area (Å²) >= 11 is 0. The van der Waals surface area contributed by atoms with Crippen LogP contribution in [0, 0.1) is 0 Å². The van der Waals surface area contributed by atoms with Gasteiger partial charge in [-0.05, 0) is 39.4 Å². The third-order valence-electron chi connectivity index (χ3n) is 2.59. The number of nitrogens with zero attached hydrogens (tertiary/aromatic N) is 1. The van der Waals surface area contributed by atoms with Crippen molar-refractivity contribution >= 4 is 0 Å². The molecule has 0 aromatic rings. The molecule has 0 amide bonds. The van der Waals surface area contributed by atoms with Crippen molar-refractivity contribution in [3.63, 3.8) is 0 Å². The van der Waals surface area contributed by atoms with Crippen molar-refractivity contribution < 1.29 is 9.47 Å². The standard InChI is InChI=1S/C12H28N2O2/c1-13-7-4-5-8-14(10-12-16-3)9-6-11-15-2/h13H,4-12H2,1-3H3. The number of hydrogen-bond donors (Lipinski definition) is 1. The Labute approximate surface area is 100 Å². The van der Waals surface area contributed by atoms with E-state index in [4.69, 9.17) is 9.47 Å². The number of rotatable bonds is 12. The molecule has 0 fully saturated rings. The average molecular weight is 232 g/mol. The van der Waals surface area contributed by atoms with Crippen molar-refractivity contribution in [1.82, 2.24) is 10.2 Å². The van der Waals surface area contributed by atoms with Gasteiger partial charge in [0.15, 0.2) is 0 Å². The number of ether oxygens (including phenoxy) is 2. The molecule has 0 radical (unpaired) electrons. The van der Waals surface area contributed by atoms with Crippen LogP contribution in [-0.2, 0) is 9.47 Å². The van der Waals surface area contributed by atoms with Crippen LogP contribution in [0.4, 0.5) is 0 Å². The second-order valence-corrected chi connectivity index (χ2v) is 3.99. The van der Waals surface area contributed by atoms with E-state index in [1.165, 1.54) is 12.8 Å². The maximum Gasteiger partial charge on any atom is 0.0589 e. The van der Waals surface area contributed by atoms with Gasteiger partial charge in [-0.2, -0.15) is 0 Å². The zero-order valence-corrected chi connectivity index (χ0v) is 11.1. The predicted molar refractivity (Wildman–Crippen MR) is 68.0 cm³/mol. The molecule has 0 saturated carbocycles. The molecular weight excluding hydrogens is 204 g/mol. The Hall–Kier alpha value is -0.160. The van der Waals surface area contributed by atoms with Crippen LogP contribution in [0.3, 0.4) is 0 Å². The van der Waals surface area contributed by atoms with E-state index in [0.717, 1.165) is 45.8 Å². The Bertz CT molecular complexity index is 134. The Kier molecular flexibility index (Phi) is 12.8. The first-order valence-corrected chi connectivity index (χ1v) is 6.20. The molecule has 0 aliphatic carbocycles. The van der Waals surface area contributed by atoms with Gasteiger partial charge in [-0.15, -0.1) is 0 Å². The summed E-state index contributed by atoms with van der Waals surface area (Å²) in [6.45, 7) is 6.07. The average Bonchev–Trinajstić information content (AvgIpc) is 2.31. The Morgan fingerprint density at radius 1 is 0.875 bits per heavy atom. The molecule has 98 valence electrons. The maximum atomic E-state index is 5.12. The molecule has 0 aliphatic rings. The number of methoxy groups -OCH3 is 2. The van der Waals surface area contributed by atoms with Crippen molar-refractivity contribution in [2.75, 3.05) is 60.7 Å². The zero-order valence-electron chi connectivity index (χ0n) is 11.1. The molecule has 0 aromatic heterocycles. The number of hydrogen-bond acceptors (Lipinski definition) is 4. The Morgan fingerprint density at radius 3 is 2.19 bits per heavy atom. The van der Waals surface area contributed by atoms with E-state index in [9.17, 15) is 0 Å². The summed E-state index contributed by atoms with van der Waals surface area (Å²) in [6, 6.07) is 0. The summed E-state index contributed by atoms with van der Waals surface area (Å²) in [5, 5.41) is 3.17. The largest absolute Gasteiger partial charge is 0.385 e. The Morgan fingerprint density at radius 2 is 1.56 bits per heavy atom. The minimum Gasteiger partial charge on any atom is -0.385 e. The van der Waals surface area contributed by atoms with Crippen molar-refractivity contribution in [1.29, 1.82) is 0 Å². The van der Waals surface area contributed by atoms with Gasteiger partial charge in [-0.25, -0.2) is 0 Å². The van der Waals surface area contributed by atoms with Crippen LogP contribution in [0.25, 0.3) is 0 Å². The fourth-order valence-electron chi connectivity index (χ4n) is 1.63. The van der Waals surface area contributed by atoms with Gasteiger partial charge >= 0.3 is 0 Å². The smallest absolute Gasteiger partial charge is 0.0589 e. The lowest BCUT2D eigenvalue weighted by Crippen LogP contribution is -2.30. The summed E-state index contributed by atoms with van der Waals surface area (Å²) in [4.78, 5) is 2.46. The minimum atomic E-state index is 0.818. The molecular formula is C12H28N2O2. The highest BCUT2D eigenvalue weighted by Gasteiger charge is 2.03. The molecule has 0 heterocycles. The van der Waals surface area contributed by atoms with Gasteiger partial charge in [0.05, 0.1) is 6.61 Å². The first-order valence-electron chi connectivity index (χ1n) is 6.20. The second-order valence-electron chi connectivity index (χ2n) is 3.99. The summed E-state index contributed by atoms with van der Waals surface area (Å²) < 4.78 is 10.2. The van der Waals surface area contributed by atoms with Crippen LogP contribution in [0.15, 0.2) is 0 Å². The highest BCUT2D eigenvalue weighted by atomic mass is 16.5. The van der Waals surface area contributed by atoms with E-state index < -0.39 is 0 Å². The Balaban J connectivity index is 3.54. The quantitative estimate of drug-likeness (QED) is 0.508. The van der Waals surface area contributed by atoms with E-state index in [-0.39, 0.29) is 0 Å². The topological polar surface area (TPSA) is 33.7 Å². The molecule has 16 heavy (non-hydrogen) atoms. The first-order chi connectivity index (χ1) is 7.85. The fraction of sp³-hybridized carbons (Fsp3) is 1.00. The molecule has 0 rings (SSSR count). The zero-order chi connectivity index (χ0) is 12.1. The molecule has 0 spiro atoms. The molecule has 0 atom stereocenters. The molecule has 0 aliphatic heterocycles. The highest BCUT2D eigenvalue weighted by molar-refractivity contribution is 4.58. The lowest BCUT2D eigenvalue weighted by Gasteiger charge is -2.21. The van der Waals surface area contributed by atoms with Crippen molar-refractivity contribution in [3.05, 3.63) is 0 Å². The van der Waals surface area contributed by atoms with E-state index in [1.807, 2.05) is 7.05 Å². The monoisotopic (exact) mass is 232 g/mol. The summed E-state index contributed by atoms with van der Waals surface area (Å²) in [6.07, 6.45) is 3.59. The SMILES string of the molecule is CNCCCCN(CCCOC)CCOC. The molecule has 0 unspecified atom stereocenters. The van der Waals surface area contributed by atoms with E-state index in [2.05, 4.69) is 10.2 Å². The van der Waals surface area contributed by atoms with Crippen LogP contribution in [0.2, 0.25) is 0 Å². The fourth-order valence-corrected chi connectivity index (χ4v) is 1.63. The first kappa shape index (κ1) is 15.8. The molecule has 1 N–H and O–H groups in total. The molecule has 4 nitrogen and oxygen atoms in total.